The van der Waals surface area contributed by atoms with Crippen LogP contribution in [0.3, 0.4) is 0 Å². The predicted octanol–water partition coefficient (Wildman–Crippen LogP) is 2.99. The van der Waals surface area contributed by atoms with Gasteiger partial charge in [-0.25, -0.2) is 4.39 Å². The van der Waals surface area contributed by atoms with E-state index in [1.165, 1.54) is 6.07 Å². The fourth-order valence-electron chi connectivity index (χ4n) is 3.52. The summed E-state index contributed by atoms with van der Waals surface area (Å²) < 4.78 is 19.3. The summed E-state index contributed by atoms with van der Waals surface area (Å²) in [6, 6.07) is 12.6. The van der Waals surface area contributed by atoms with Crippen LogP contribution in [0.2, 0.25) is 0 Å². The average Bonchev–Trinajstić information content (AvgIpc) is 2.74. The van der Waals surface area contributed by atoms with Gasteiger partial charge in [-0.15, -0.1) is 0 Å². The molecule has 0 amide bonds. The molecule has 0 fully saturated rings. The Morgan fingerprint density at radius 3 is 2.77 bits per heavy atom. The van der Waals surface area contributed by atoms with Crippen LogP contribution in [0.5, 0.6) is 5.75 Å². The van der Waals surface area contributed by atoms with E-state index < -0.39 is 5.60 Å². The lowest BCUT2D eigenvalue weighted by molar-refractivity contribution is 0.0299. The lowest BCUT2D eigenvalue weighted by atomic mass is 9.93. The minimum absolute atomic E-state index is 0.212. The van der Waals surface area contributed by atoms with Crippen LogP contribution in [0.1, 0.15) is 23.6 Å². The minimum atomic E-state index is -0.932. The third kappa shape index (κ3) is 4.61. The lowest BCUT2D eigenvalue weighted by Crippen LogP contribution is -2.34. The Morgan fingerprint density at radius 2 is 2.04 bits per heavy atom. The largest absolute Gasteiger partial charge is 0.492 e. The van der Waals surface area contributed by atoms with Gasteiger partial charge in [-0.2, -0.15) is 0 Å². The van der Waals surface area contributed by atoms with E-state index in [9.17, 15) is 9.50 Å². The molecule has 2 aromatic carbocycles. The van der Waals surface area contributed by atoms with Crippen molar-refractivity contribution in [2.45, 2.75) is 25.6 Å². The van der Waals surface area contributed by atoms with E-state index in [4.69, 9.17) is 4.74 Å². The molecule has 0 saturated heterocycles. The highest BCUT2D eigenvalue weighted by Gasteiger charge is 2.26. The number of fused-ring (bicyclic) bond motifs is 1. The van der Waals surface area contributed by atoms with E-state index in [-0.39, 0.29) is 5.82 Å². The standard InChI is InChI=1S/C21H27FN2O2/c1-21(25,15-23(2)3)18-7-8-20-17(12-18)14-24(9-10-26-20)13-16-5-4-6-19(22)11-16/h4-8,11-12,25H,9-10,13-15H2,1-3H3. The molecule has 1 unspecified atom stereocenters. The second-order valence-electron chi connectivity index (χ2n) is 7.52. The zero-order chi connectivity index (χ0) is 18.7. The Labute approximate surface area is 154 Å². The summed E-state index contributed by atoms with van der Waals surface area (Å²) >= 11 is 0. The number of rotatable bonds is 5. The van der Waals surface area contributed by atoms with Gasteiger partial charge in [-0.3, -0.25) is 4.90 Å². The van der Waals surface area contributed by atoms with Crippen LogP contribution in [0, 0.1) is 5.82 Å². The molecule has 0 bridgehead atoms. The second-order valence-corrected chi connectivity index (χ2v) is 7.52. The number of likely N-dealkylation sites (N-methyl/N-ethyl adjacent to an activating group) is 1. The third-order valence-electron chi connectivity index (χ3n) is 4.66. The van der Waals surface area contributed by atoms with Crippen LogP contribution in [-0.4, -0.2) is 48.7 Å². The van der Waals surface area contributed by atoms with E-state index in [1.807, 2.05) is 50.2 Å². The molecule has 140 valence electrons. The number of ether oxygens (including phenoxy) is 1. The Morgan fingerprint density at radius 1 is 1.23 bits per heavy atom. The third-order valence-corrected chi connectivity index (χ3v) is 4.66. The lowest BCUT2D eigenvalue weighted by Gasteiger charge is -2.28. The van der Waals surface area contributed by atoms with Crippen molar-refractivity contribution < 1.29 is 14.2 Å². The van der Waals surface area contributed by atoms with Crippen LogP contribution in [0.4, 0.5) is 4.39 Å². The summed E-state index contributed by atoms with van der Waals surface area (Å²) in [5.41, 5.74) is 1.94. The molecule has 0 spiro atoms. The summed E-state index contributed by atoms with van der Waals surface area (Å²) in [5.74, 6) is 0.645. The second kappa shape index (κ2) is 7.74. The SMILES string of the molecule is CN(C)CC(C)(O)c1ccc2c(c1)CN(Cc1cccc(F)c1)CCO2. The van der Waals surface area contributed by atoms with Crippen molar-refractivity contribution in [3.05, 3.63) is 65.0 Å². The van der Waals surface area contributed by atoms with Crippen LogP contribution >= 0.6 is 0 Å². The monoisotopic (exact) mass is 358 g/mol. The fraction of sp³-hybridized carbons (Fsp3) is 0.429. The Kier molecular flexibility index (Phi) is 5.61. The van der Waals surface area contributed by atoms with Crippen molar-refractivity contribution in [3.8, 4) is 5.75 Å². The number of halogens is 1. The van der Waals surface area contributed by atoms with E-state index in [0.29, 0.717) is 26.2 Å². The van der Waals surface area contributed by atoms with E-state index >= 15 is 0 Å². The van der Waals surface area contributed by atoms with Gasteiger partial charge in [-0.1, -0.05) is 18.2 Å². The molecule has 1 N–H and O–H groups in total. The van der Waals surface area contributed by atoms with Gasteiger partial charge >= 0.3 is 0 Å². The molecule has 0 aliphatic carbocycles. The van der Waals surface area contributed by atoms with Gasteiger partial charge < -0.3 is 14.7 Å². The van der Waals surface area contributed by atoms with Gasteiger partial charge in [0.1, 0.15) is 18.2 Å². The number of hydrogen-bond acceptors (Lipinski definition) is 4. The first-order valence-corrected chi connectivity index (χ1v) is 8.93. The number of hydrogen-bond donors (Lipinski definition) is 1. The zero-order valence-corrected chi connectivity index (χ0v) is 15.7. The van der Waals surface area contributed by atoms with Gasteiger partial charge in [0.25, 0.3) is 0 Å². The Hall–Kier alpha value is -1.95. The highest BCUT2D eigenvalue weighted by Crippen LogP contribution is 2.30. The van der Waals surface area contributed by atoms with Gasteiger partial charge in [0, 0.05) is 31.7 Å². The normalized spacial score (nSPS) is 17.3. The molecule has 5 heteroatoms. The first-order valence-electron chi connectivity index (χ1n) is 8.93. The van der Waals surface area contributed by atoms with Crippen molar-refractivity contribution in [2.24, 2.45) is 0 Å². The molecule has 2 aromatic rings. The molecule has 0 aromatic heterocycles. The van der Waals surface area contributed by atoms with Crippen molar-refractivity contribution in [1.82, 2.24) is 9.80 Å². The summed E-state index contributed by atoms with van der Waals surface area (Å²) in [6.45, 7) is 5.11. The first-order chi connectivity index (χ1) is 12.3. The van der Waals surface area contributed by atoms with Crippen LogP contribution < -0.4 is 4.74 Å². The Balaban J connectivity index is 1.81. The maximum absolute atomic E-state index is 13.5. The molecule has 0 radical (unpaired) electrons. The molecular formula is C21H27FN2O2. The van der Waals surface area contributed by atoms with Gasteiger partial charge in [0.2, 0.25) is 0 Å². The highest BCUT2D eigenvalue weighted by atomic mass is 19.1. The molecule has 1 heterocycles. The predicted molar refractivity (Wildman–Crippen MR) is 101 cm³/mol. The summed E-state index contributed by atoms with van der Waals surface area (Å²) in [6.07, 6.45) is 0. The van der Waals surface area contributed by atoms with E-state index in [1.54, 1.807) is 12.1 Å². The maximum atomic E-state index is 13.5. The van der Waals surface area contributed by atoms with Crippen LogP contribution in [-0.2, 0) is 18.7 Å². The number of nitrogens with zero attached hydrogens (tertiary/aromatic N) is 2. The number of aliphatic hydroxyl groups is 1. The van der Waals surface area contributed by atoms with E-state index in [0.717, 1.165) is 29.0 Å². The zero-order valence-electron chi connectivity index (χ0n) is 15.7. The van der Waals surface area contributed by atoms with Crippen molar-refractivity contribution in [3.63, 3.8) is 0 Å². The highest BCUT2D eigenvalue weighted by molar-refractivity contribution is 5.40. The number of benzene rings is 2. The molecule has 1 atom stereocenters. The van der Waals surface area contributed by atoms with Gasteiger partial charge in [0.05, 0.1) is 5.60 Å². The summed E-state index contributed by atoms with van der Waals surface area (Å²) in [4.78, 5) is 4.21. The first kappa shape index (κ1) is 18.8. The minimum Gasteiger partial charge on any atom is -0.492 e. The molecule has 1 aliphatic heterocycles. The summed E-state index contributed by atoms with van der Waals surface area (Å²) in [7, 11) is 3.89. The van der Waals surface area contributed by atoms with Gasteiger partial charge in [0.15, 0.2) is 0 Å². The molecular weight excluding hydrogens is 331 g/mol. The van der Waals surface area contributed by atoms with Crippen molar-refractivity contribution in [2.75, 3.05) is 33.8 Å². The molecule has 4 nitrogen and oxygen atoms in total. The summed E-state index contributed by atoms with van der Waals surface area (Å²) in [5, 5.41) is 10.8. The van der Waals surface area contributed by atoms with Crippen LogP contribution in [0.25, 0.3) is 0 Å². The fourth-order valence-corrected chi connectivity index (χ4v) is 3.52. The topological polar surface area (TPSA) is 35.9 Å². The van der Waals surface area contributed by atoms with Crippen molar-refractivity contribution in [1.29, 1.82) is 0 Å². The molecule has 3 rings (SSSR count). The maximum Gasteiger partial charge on any atom is 0.123 e. The molecule has 1 aliphatic rings. The van der Waals surface area contributed by atoms with Crippen molar-refractivity contribution >= 4 is 0 Å². The quantitative estimate of drug-likeness (QED) is 0.891. The molecule has 0 saturated carbocycles. The van der Waals surface area contributed by atoms with Crippen LogP contribution in [0.15, 0.2) is 42.5 Å². The van der Waals surface area contributed by atoms with E-state index in [2.05, 4.69) is 4.90 Å². The smallest absolute Gasteiger partial charge is 0.123 e. The Bertz CT molecular complexity index is 761. The molecule has 26 heavy (non-hydrogen) atoms. The average molecular weight is 358 g/mol. The van der Waals surface area contributed by atoms with Gasteiger partial charge in [-0.05, 0) is 56.4 Å².